The molecule has 3 heteroatoms. The molecule has 1 aliphatic rings. The summed E-state index contributed by atoms with van der Waals surface area (Å²) in [4.78, 5) is 13.7. The van der Waals surface area contributed by atoms with E-state index < -0.39 is 0 Å². The van der Waals surface area contributed by atoms with E-state index in [0.717, 1.165) is 19.6 Å². The van der Waals surface area contributed by atoms with E-state index in [1.165, 1.54) is 11.5 Å². The first kappa shape index (κ1) is 11.8. The average molecular weight is 213 g/mol. The molecule has 2 nitrogen and oxygen atoms in total. The van der Waals surface area contributed by atoms with Crippen molar-refractivity contribution < 1.29 is 4.79 Å². The van der Waals surface area contributed by atoms with Crippen molar-refractivity contribution in [2.45, 2.75) is 13.8 Å². The predicted octanol–water partition coefficient (Wildman–Crippen LogP) is 1.82. The van der Waals surface area contributed by atoms with Gasteiger partial charge in [0.15, 0.2) is 5.78 Å². The van der Waals surface area contributed by atoms with E-state index >= 15 is 0 Å². The molecule has 1 aliphatic heterocycles. The summed E-state index contributed by atoms with van der Waals surface area (Å²) in [6.07, 6.45) is 3.73. The maximum absolute atomic E-state index is 11.3. The average Bonchev–Trinajstić information content (AvgIpc) is 2.19. The van der Waals surface area contributed by atoms with Crippen LogP contribution in [0.15, 0.2) is 12.2 Å². The Labute approximate surface area is 90.7 Å². The van der Waals surface area contributed by atoms with E-state index in [1.807, 2.05) is 31.7 Å². The van der Waals surface area contributed by atoms with Gasteiger partial charge in [-0.2, -0.15) is 11.8 Å². The van der Waals surface area contributed by atoms with Gasteiger partial charge in [-0.1, -0.05) is 19.9 Å². The molecular weight excluding hydrogens is 194 g/mol. The van der Waals surface area contributed by atoms with Crippen LogP contribution in [0.2, 0.25) is 0 Å². The van der Waals surface area contributed by atoms with Crippen molar-refractivity contribution in [3.63, 3.8) is 0 Å². The smallest absolute Gasteiger partial charge is 0.157 e. The van der Waals surface area contributed by atoms with Crippen molar-refractivity contribution in [3.05, 3.63) is 12.2 Å². The van der Waals surface area contributed by atoms with Gasteiger partial charge in [0.2, 0.25) is 0 Å². The molecule has 0 bridgehead atoms. The number of carbonyl (C=O) groups is 1. The largest absolute Gasteiger partial charge is 0.298 e. The minimum absolute atomic E-state index is 0.128. The third-order valence-electron chi connectivity index (χ3n) is 2.32. The van der Waals surface area contributed by atoms with Crippen molar-refractivity contribution in [3.8, 4) is 0 Å². The van der Waals surface area contributed by atoms with E-state index in [4.69, 9.17) is 0 Å². The molecule has 1 saturated heterocycles. The van der Waals surface area contributed by atoms with Crippen LogP contribution >= 0.6 is 11.8 Å². The standard InChI is InChI=1S/C11H19NOS/c1-10(2)11(13)4-3-5-12-6-8-14-9-7-12/h3-4,10H,5-9H2,1-2H3/b4-3+. The SMILES string of the molecule is CC(C)C(=O)/C=C/CN1CCSCC1. The number of rotatable bonds is 4. The van der Waals surface area contributed by atoms with E-state index in [9.17, 15) is 4.79 Å². The maximum atomic E-state index is 11.3. The molecule has 0 spiro atoms. The lowest BCUT2D eigenvalue weighted by atomic mass is 10.1. The summed E-state index contributed by atoms with van der Waals surface area (Å²) >= 11 is 2.01. The summed E-state index contributed by atoms with van der Waals surface area (Å²) in [6.45, 7) is 7.11. The van der Waals surface area contributed by atoms with Crippen molar-refractivity contribution in [1.82, 2.24) is 4.90 Å². The van der Waals surface area contributed by atoms with Crippen LogP contribution < -0.4 is 0 Å². The van der Waals surface area contributed by atoms with Gasteiger partial charge in [0, 0.05) is 37.1 Å². The number of ketones is 1. The molecule has 0 radical (unpaired) electrons. The maximum Gasteiger partial charge on any atom is 0.157 e. The van der Waals surface area contributed by atoms with E-state index in [-0.39, 0.29) is 11.7 Å². The highest BCUT2D eigenvalue weighted by molar-refractivity contribution is 7.99. The third-order valence-corrected chi connectivity index (χ3v) is 3.26. The highest BCUT2D eigenvalue weighted by Gasteiger charge is 2.08. The number of nitrogens with zero attached hydrogens (tertiary/aromatic N) is 1. The predicted molar refractivity (Wildman–Crippen MR) is 62.8 cm³/mol. The molecule has 0 N–H and O–H groups in total. The fourth-order valence-corrected chi connectivity index (χ4v) is 2.27. The molecule has 0 saturated carbocycles. The molecule has 1 heterocycles. The summed E-state index contributed by atoms with van der Waals surface area (Å²) in [7, 11) is 0. The monoisotopic (exact) mass is 213 g/mol. The van der Waals surface area contributed by atoms with Crippen molar-refractivity contribution in [1.29, 1.82) is 0 Å². The Kier molecular flexibility index (Phi) is 5.26. The first-order chi connectivity index (χ1) is 6.70. The summed E-state index contributed by atoms with van der Waals surface area (Å²) in [6, 6.07) is 0. The summed E-state index contributed by atoms with van der Waals surface area (Å²) in [5.74, 6) is 2.82. The van der Waals surface area contributed by atoms with Crippen LogP contribution in [0, 0.1) is 5.92 Å². The first-order valence-electron chi connectivity index (χ1n) is 5.20. The number of hydrogen-bond donors (Lipinski definition) is 0. The Morgan fingerprint density at radius 1 is 1.43 bits per heavy atom. The normalized spacial score (nSPS) is 19.4. The van der Waals surface area contributed by atoms with E-state index in [1.54, 1.807) is 6.08 Å². The molecule has 0 aliphatic carbocycles. The molecular formula is C11H19NOS. The lowest BCUT2D eigenvalue weighted by Gasteiger charge is -2.24. The molecule has 0 aromatic heterocycles. The number of allylic oxidation sites excluding steroid dienone is 1. The third kappa shape index (κ3) is 4.29. The van der Waals surface area contributed by atoms with Crippen molar-refractivity contribution in [2.75, 3.05) is 31.1 Å². The lowest BCUT2D eigenvalue weighted by Crippen LogP contribution is -2.32. The van der Waals surface area contributed by atoms with Gasteiger partial charge in [0.25, 0.3) is 0 Å². The van der Waals surface area contributed by atoms with E-state index in [2.05, 4.69) is 4.90 Å². The molecule has 14 heavy (non-hydrogen) atoms. The second kappa shape index (κ2) is 6.25. The van der Waals surface area contributed by atoms with Crippen molar-refractivity contribution in [2.24, 2.45) is 5.92 Å². The van der Waals surface area contributed by atoms with E-state index in [0.29, 0.717) is 0 Å². The van der Waals surface area contributed by atoms with Crippen LogP contribution in [0.1, 0.15) is 13.8 Å². The van der Waals surface area contributed by atoms with Gasteiger partial charge in [-0.3, -0.25) is 9.69 Å². The van der Waals surface area contributed by atoms with Crippen LogP contribution in [-0.2, 0) is 4.79 Å². The lowest BCUT2D eigenvalue weighted by molar-refractivity contribution is -0.117. The van der Waals surface area contributed by atoms with Crippen LogP contribution in [-0.4, -0.2) is 41.8 Å². The van der Waals surface area contributed by atoms with Gasteiger partial charge in [-0.15, -0.1) is 0 Å². The van der Waals surface area contributed by atoms with Crippen LogP contribution in [0.5, 0.6) is 0 Å². The minimum Gasteiger partial charge on any atom is -0.298 e. The van der Waals surface area contributed by atoms with Gasteiger partial charge in [0.1, 0.15) is 0 Å². The molecule has 0 aromatic rings. The molecule has 0 aromatic carbocycles. The Bertz CT molecular complexity index is 207. The van der Waals surface area contributed by atoms with Crippen LogP contribution in [0.3, 0.4) is 0 Å². The zero-order chi connectivity index (χ0) is 10.4. The van der Waals surface area contributed by atoms with Gasteiger partial charge in [-0.25, -0.2) is 0 Å². The number of thioether (sulfide) groups is 1. The van der Waals surface area contributed by atoms with Crippen LogP contribution in [0.25, 0.3) is 0 Å². The minimum atomic E-state index is 0.128. The first-order valence-corrected chi connectivity index (χ1v) is 6.36. The topological polar surface area (TPSA) is 20.3 Å². The fourth-order valence-electron chi connectivity index (χ4n) is 1.29. The Morgan fingerprint density at radius 2 is 2.07 bits per heavy atom. The fraction of sp³-hybridized carbons (Fsp3) is 0.727. The Hall–Kier alpha value is -0.280. The van der Waals surface area contributed by atoms with Crippen molar-refractivity contribution >= 4 is 17.5 Å². The summed E-state index contributed by atoms with van der Waals surface area (Å²) in [5, 5.41) is 0. The highest BCUT2D eigenvalue weighted by atomic mass is 32.2. The summed E-state index contributed by atoms with van der Waals surface area (Å²) < 4.78 is 0. The molecule has 0 amide bonds. The highest BCUT2D eigenvalue weighted by Crippen LogP contribution is 2.08. The second-order valence-corrected chi connectivity index (χ2v) is 5.10. The zero-order valence-electron chi connectivity index (χ0n) is 9.03. The number of carbonyl (C=O) groups excluding carboxylic acids is 1. The van der Waals surface area contributed by atoms with Gasteiger partial charge in [-0.05, 0) is 6.08 Å². The molecule has 0 unspecified atom stereocenters. The number of hydrogen-bond acceptors (Lipinski definition) is 3. The van der Waals surface area contributed by atoms with Gasteiger partial charge >= 0.3 is 0 Å². The quantitative estimate of drug-likeness (QED) is 0.664. The summed E-state index contributed by atoms with van der Waals surface area (Å²) in [5.41, 5.74) is 0. The van der Waals surface area contributed by atoms with Gasteiger partial charge < -0.3 is 0 Å². The molecule has 80 valence electrons. The molecule has 1 fully saturated rings. The molecule has 0 atom stereocenters. The Balaban J connectivity index is 2.21. The second-order valence-electron chi connectivity index (χ2n) is 3.87. The van der Waals surface area contributed by atoms with Gasteiger partial charge in [0.05, 0.1) is 0 Å². The zero-order valence-corrected chi connectivity index (χ0v) is 9.85. The Morgan fingerprint density at radius 3 is 2.64 bits per heavy atom. The van der Waals surface area contributed by atoms with Crippen LogP contribution in [0.4, 0.5) is 0 Å². The molecule has 1 rings (SSSR count).